The van der Waals surface area contributed by atoms with Crippen LogP contribution in [0.5, 0.6) is 0 Å². The first-order valence-electron chi connectivity index (χ1n) is 10.1. The molecule has 4 aromatic rings. The summed E-state index contributed by atoms with van der Waals surface area (Å²) >= 11 is 6.22. The molecule has 2 aromatic heterocycles. The van der Waals surface area contributed by atoms with Gasteiger partial charge in [-0.05, 0) is 62.1 Å². The molecular formula is C24H23ClN4. The molecular weight excluding hydrogens is 380 g/mol. The van der Waals surface area contributed by atoms with Gasteiger partial charge in [0, 0.05) is 34.1 Å². The minimum atomic E-state index is 0.302. The molecule has 5 heteroatoms. The second kappa shape index (κ2) is 7.62. The van der Waals surface area contributed by atoms with Crippen LogP contribution in [0, 0.1) is 0 Å². The van der Waals surface area contributed by atoms with Gasteiger partial charge in [-0.25, -0.2) is 0 Å². The number of nitrogens with zero attached hydrogens (tertiary/aromatic N) is 3. The molecule has 2 heterocycles. The first kappa shape index (κ1) is 18.3. The predicted molar refractivity (Wildman–Crippen MR) is 121 cm³/mol. The second-order valence-corrected chi connectivity index (χ2v) is 8.25. The zero-order valence-corrected chi connectivity index (χ0v) is 16.9. The van der Waals surface area contributed by atoms with Gasteiger partial charge in [0.2, 0.25) is 0 Å². The number of aromatic nitrogens is 2. The lowest BCUT2D eigenvalue weighted by Gasteiger charge is -2.38. The van der Waals surface area contributed by atoms with Crippen LogP contribution in [0.15, 0.2) is 67.0 Å². The van der Waals surface area contributed by atoms with Crippen LogP contribution in [0.2, 0.25) is 5.02 Å². The van der Waals surface area contributed by atoms with Crippen molar-refractivity contribution in [1.82, 2.24) is 9.97 Å². The van der Waals surface area contributed by atoms with Crippen molar-refractivity contribution in [2.24, 2.45) is 5.73 Å². The number of benzene rings is 2. The molecule has 0 unspecified atom stereocenters. The van der Waals surface area contributed by atoms with E-state index in [-0.39, 0.29) is 0 Å². The summed E-state index contributed by atoms with van der Waals surface area (Å²) in [4.78, 5) is 11.7. The zero-order chi connectivity index (χ0) is 19.8. The summed E-state index contributed by atoms with van der Waals surface area (Å²) < 4.78 is 0. The largest absolute Gasteiger partial charge is 0.336 e. The van der Waals surface area contributed by atoms with Gasteiger partial charge in [-0.3, -0.25) is 9.97 Å². The molecule has 146 valence electrons. The summed E-state index contributed by atoms with van der Waals surface area (Å²) in [5.74, 6) is 0. The van der Waals surface area contributed by atoms with Crippen molar-refractivity contribution < 1.29 is 0 Å². The number of fused-ring (bicyclic) bond motifs is 2. The maximum absolute atomic E-state index is 6.22. The van der Waals surface area contributed by atoms with Crippen molar-refractivity contribution in [3.8, 4) is 0 Å². The molecule has 2 aromatic carbocycles. The van der Waals surface area contributed by atoms with Crippen LogP contribution in [-0.2, 0) is 0 Å². The Hall–Kier alpha value is -2.69. The van der Waals surface area contributed by atoms with Crippen molar-refractivity contribution in [2.75, 3.05) is 4.90 Å². The lowest BCUT2D eigenvalue weighted by Crippen LogP contribution is -2.38. The third-order valence-electron chi connectivity index (χ3n) is 5.90. The minimum Gasteiger partial charge on any atom is -0.336 e. The van der Waals surface area contributed by atoms with Crippen molar-refractivity contribution in [1.29, 1.82) is 0 Å². The van der Waals surface area contributed by atoms with E-state index in [4.69, 9.17) is 22.3 Å². The highest BCUT2D eigenvalue weighted by Gasteiger charge is 2.27. The van der Waals surface area contributed by atoms with E-state index in [0.717, 1.165) is 58.9 Å². The van der Waals surface area contributed by atoms with E-state index in [0.29, 0.717) is 17.1 Å². The number of pyridine rings is 2. The molecule has 5 rings (SSSR count). The maximum Gasteiger partial charge on any atom is 0.0737 e. The molecule has 1 aliphatic rings. The number of halogens is 1. The number of para-hydroxylation sites is 1. The Labute approximate surface area is 175 Å². The number of nitrogens with two attached hydrogens (primary N) is 1. The van der Waals surface area contributed by atoms with E-state index in [1.165, 1.54) is 0 Å². The molecule has 2 N–H and O–H groups in total. The number of anilines is 2. The SMILES string of the molecule is NC1CCC(N(c2cnc3ccccc3c2)c2ccnc3cc(Cl)ccc23)CC1. The summed E-state index contributed by atoms with van der Waals surface area (Å²) in [6, 6.07) is 19.2. The molecule has 1 saturated carbocycles. The van der Waals surface area contributed by atoms with Gasteiger partial charge in [0.05, 0.1) is 28.6 Å². The highest BCUT2D eigenvalue weighted by atomic mass is 35.5. The van der Waals surface area contributed by atoms with Gasteiger partial charge in [0.1, 0.15) is 0 Å². The summed E-state index contributed by atoms with van der Waals surface area (Å²) in [6.45, 7) is 0. The number of rotatable bonds is 3. The van der Waals surface area contributed by atoms with Crippen LogP contribution < -0.4 is 10.6 Å². The van der Waals surface area contributed by atoms with E-state index >= 15 is 0 Å². The van der Waals surface area contributed by atoms with E-state index in [1.807, 2.05) is 36.7 Å². The Balaban J connectivity index is 1.68. The van der Waals surface area contributed by atoms with Gasteiger partial charge in [0.15, 0.2) is 0 Å². The van der Waals surface area contributed by atoms with Gasteiger partial charge in [-0.2, -0.15) is 0 Å². The Morgan fingerprint density at radius 1 is 0.897 bits per heavy atom. The van der Waals surface area contributed by atoms with Gasteiger partial charge in [-0.1, -0.05) is 29.8 Å². The van der Waals surface area contributed by atoms with Crippen LogP contribution in [0.3, 0.4) is 0 Å². The fourth-order valence-electron chi connectivity index (χ4n) is 4.41. The topological polar surface area (TPSA) is 55.0 Å². The molecule has 4 nitrogen and oxygen atoms in total. The van der Waals surface area contributed by atoms with E-state index in [2.05, 4.69) is 40.2 Å². The Kier molecular flexibility index (Phi) is 4.82. The van der Waals surface area contributed by atoms with Crippen molar-refractivity contribution in [3.63, 3.8) is 0 Å². The van der Waals surface area contributed by atoms with Crippen LogP contribution in [0.25, 0.3) is 21.8 Å². The maximum atomic E-state index is 6.22. The van der Waals surface area contributed by atoms with E-state index in [9.17, 15) is 0 Å². The fourth-order valence-corrected chi connectivity index (χ4v) is 4.58. The van der Waals surface area contributed by atoms with Gasteiger partial charge in [-0.15, -0.1) is 0 Å². The fraction of sp³-hybridized carbons (Fsp3) is 0.250. The van der Waals surface area contributed by atoms with E-state index in [1.54, 1.807) is 0 Å². The molecule has 1 fully saturated rings. The van der Waals surface area contributed by atoms with Crippen LogP contribution in [0.4, 0.5) is 11.4 Å². The van der Waals surface area contributed by atoms with Gasteiger partial charge in [0.25, 0.3) is 0 Å². The van der Waals surface area contributed by atoms with Crippen molar-refractivity contribution in [2.45, 2.75) is 37.8 Å². The number of hydrogen-bond donors (Lipinski definition) is 1. The summed E-state index contributed by atoms with van der Waals surface area (Å²) in [5, 5.41) is 2.94. The Morgan fingerprint density at radius 2 is 1.72 bits per heavy atom. The molecule has 0 amide bonds. The Morgan fingerprint density at radius 3 is 2.59 bits per heavy atom. The van der Waals surface area contributed by atoms with Crippen molar-refractivity contribution >= 4 is 44.8 Å². The third kappa shape index (κ3) is 3.54. The zero-order valence-electron chi connectivity index (χ0n) is 16.1. The van der Waals surface area contributed by atoms with Crippen LogP contribution >= 0.6 is 11.6 Å². The standard InChI is InChI=1S/C24H23ClN4/c25-17-5-10-21-23(14-17)27-12-11-24(21)29(19-8-6-18(26)7-9-19)20-13-16-3-1-2-4-22(16)28-15-20/h1-5,10-15,18-19H,6-9,26H2. The smallest absolute Gasteiger partial charge is 0.0737 e. The van der Waals surface area contributed by atoms with Gasteiger partial charge >= 0.3 is 0 Å². The monoisotopic (exact) mass is 402 g/mol. The van der Waals surface area contributed by atoms with Crippen LogP contribution in [-0.4, -0.2) is 22.1 Å². The second-order valence-electron chi connectivity index (χ2n) is 7.82. The minimum absolute atomic E-state index is 0.302. The average molecular weight is 403 g/mol. The summed E-state index contributed by atoms with van der Waals surface area (Å²) in [7, 11) is 0. The Bertz CT molecular complexity index is 1170. The molecule has 0 bridgehead atoms. The lowest BCUT2D eigenvalue weighted by atomic mass is 9.90. The predicted octanol–water partition coefficient (Wildman–Crippen LogP) is 5.84. The first-order valence-corrected chi connectivity index (χ1v) is 10.5. The van der Waals surface area contributed by atoms with E-state index < -0.39 is 0 Å². The molecule has 1 aliphatic carbocycles. The normalized spacial score (nSPS) is 19.5. The molecule has 0 radical (unpaired) electrons. The molecule has 0 aliphatic heterocycles. The highest BCUT2D eigenvalue weighted by Crippen LogP contribution is 2.38. The average Bonchev–Trinajstić information content (AvgIpc) is 2.75. The summed E-state index contributed by atoms with van der Waals surface area (Å²) in [5.41, 5.74) is 10.4. The molecule has 0 saturated heterocycles. The van der Waals surface area contributed by atoms with Crippen LogP contribution in [0.1, 0.15) is 25.7 Å². The van der Waals surface area contributed by atoms with Gasteiger partial charge < -0.3 is 10.6 Å². The molecule has 29 heavy (non-hydrogen) atoms. The summed E-state index contributed by atoms with van der Waals surface area (Å²) in [6.07, 6.45) is 8.05. The quantitative estimate of drug-likeness (QED) is 0.467. The lowest BCUT2D eigenvalue weighted by molar-refractivity contribution is 0.391. The van der Waals surface area contributed by atoms with Crippen molar-refractivity contribution in [3.05, 3.63) is 72.0 Å². The third-order valence-corrected chi connectivity index (χ3v) is 6.14. The number of hydrogen-bond acceptors (Lipinski definition) is 4. The molecule has 0 atom stereocenters. The highest BCUT2D eigenvalue weighted by molar-refractivity contribution is 6.31. The first-order chi connectivity index (χ1) is 14.2. The molecule has 0 spiro atoms.